The fourth-order valence-electron chi connectivity index (χ4n) is 2.77. The van der Waals surface area contributed by atoms with Gasteiger partial charge in [-0.25, -0.2) is 0 Å². The van der Waals surface area contributed by atoms with Gasteiger partial charge in [0.15, 0.2) is 0 Å². The van der Waals surface area contributed by atoms with Crippen molar-refractivity contribution in [2.45, 2.75) is 83.0 Å². The molecule has 0 saturated carbocycles. The molecule has 26 heavy (non-hydrogen) atoms. The van der Waals surface area contributed by atoms with E-state index in [1.54, 1.807) is 24.3 Å². The van der Waals surface area contributed by atoms with E-state index in [1.807, 2.05) is 6.92 Å². The van der Waals surface area contributed by atoms with E-state index < -0.39 is 10.1 Å². The molecule has 0 aliphatic heterocycles. The lowest BCUT2D eigenvalue weighted by Crippen LogP contribution is -2.12. The van der Waals surface area contributed by atoms with Gasteiger partial charge >= 0.3 is 0 Å². The molecule has 1 aromatic rings. The standard InChI is InChI=1S/C21H36O4S/c1-3-4-5-6-7-8-9-10-11-12-17-24-18-19-25-26(22,23)21-15-13-20(2)14-16-21/h13-16H,3-12,17-19H2,1-2H3. The van der Waals surface area contributed by atoms with Crippen molar-refractivity contribution in [3.05, 3.63) is 29.8 Å². The van der Waals surface area contributed by atoms with Crippen molar-refractivity contribution in [1.82, 2.24) is 0 Å². The van der Waals surface area contributed by atoms with E-state index in [1.165, 1.54) is 57.8 Å². The van der Waals surface area contributed by atoms with Gasteiger partial charge in [0.1, 0.15) is 0 Å². The van der Waals surface area contributed by atoms with Crippen LogP contribution in [0.25, 0.3) is 0 Å². The van der Waals surface area contributed by atoms with Crippen molar-refractivity contribution < 1.29 is 17.3 Å². The topological polar surface area (TPSA) is 52.6 Å². The predicted molar refractivity (Wildman–Crippen MR) is 107 cm³/mol. The number of hydrogen-bond acceptors (Lipinski definition) is 4. The second-order valence-electron chi connectivity index (χ2n) is 6.88. The van der Waals surface area contributed by atoms with Crippen molar-refractivity contribution in [3.63, 3.8) is 0 Å². The smallest absolute Gasteiger partial charge is 0.297 e. The zero-order valence-electron chi connectivity index (χ0n) is 16.5. The molecule has 0 bridgehead atoms. The van der Waals surface area contributed by atoms with Crippen LogP contribution in [0.15, 0.2) is 29.2 Å². The van der Waals surface area contributed by atoms with Crippen LogP contribution in [0.2, 0.25) is 0 Å². The molecule has 4 nitrogen and oxygen atoms in total. The lowest BCUT2D eigenvalue weighted by atomic mass is 10.1. The van der Waals surface area contributed by atoms with Crippen LogP contribution in [0.4, 0.5) is 0 Å². The van der Waals surface area contributed by atoms with E-state index in [-0.39, 0.29) is 11.5 Å². The maximum absolute atomic E-state index is 12.0. The number of unbranched alkanes of at least 4 members (excludes halogenated alkanes) is 9. The molecule has 0 fully saturated rings. The molecule has 0 saturated heterocycles. The largest absolute Gasteiger partial charge is 0.379 e. The third kappa shape index (κ3) is 10.9. The van der Waals surface area contributed by atoms with Gasteiger partial charge in [0.25, 0.3) is 10.1 Å². The summed E-state index contributed by atoms with van der Waals surface area (Å²) >= 11 is 0. The average molecular weight is 385 g/mol. The van der Waals surface area contributed by atoms with Gasteiger partial charge in [0.05, 0.1) is 18.1 Å². The Bertz CT molecular complexity index is 552. The Morgan fingerprint density at radius 1 is 0.731 bits per heavy atom. The summed E-state index contributed by atoms with van der Waals surface area (Å²) in [4.78, 5) is 0.192. The lowest BCUT2D eigenvalue weighted by Gasteiger charge is -2.07. The molecule has 0 amide bonds. The molecule has 0 heterocycles. The highest BCUT2D eigenvalue weighted by molar-refractivity contribution is 7.86. The molecule has 5 heteroatoms. The van der Waals surface area contributed by atoms with E-state index in [0.717, 1.165) is 12.0 Å². The molecular formula is C21H36O4S. The molecule has 0 radical (unpaired) electrons. The summed E-state index contributed by atoms with van der Waals surface area (Å²) in [7, 11) is -3.67. The van der Waals surface area contributed by atoms with Gasteiger partial charge in [0, 0.05) is 6.61 Å². The third-order valence-corrected chi connectivity index (χ3v) is 5.74. The van der Waals surface area contributed by atoms with Gasteiger partial charge in [0.2, 0.25) is 0 Å². The Kier molecular flexibility index (Phi) is 12.6. The summed E-state index contributed by atoms with van der Waals surface area (Å²) in [5.74, 6) is 0. The summed E-state index contributed by atoms with van der Waals surface area (Å²) in [5, 5.41) is 0. The Morgan fingerprint density at radius 2 is 1.27 bits per heavy atom. The highest BCUT2D eigenvalue weighted by Gasteiger charge is 2.14. The summed E-state index contributed by atoms with van der Waals surface area (Å²) in [5.41, 5.74) is 1.02. The molecule has 1 aromatic carbocycles. The molecule has 0 unspecified atom stereocenters. The first-order valence-corrected chi connectivity index (χ1v) is 11.5. The van der Waals surface area contributed by atoms with Crippen LogP contribution < -0.4 is 0 Å². The minimum atomic E-state index is -3.67. The number of ether oxygens (including phenoxy) is 1. The van der Waals surface area contributed by atoms with Gasteiger partial charge in [-0.1, -0.05) is 82.4 Å². The van der Waals surface area contributed by atoms with Gasteiger partial charge in [-0.05, 0) is 25.5 Å². The van der Waals surface area contributed by atoms with Crippen molar-refractivity contribution in [3.8, 4) is 0 Å². The molecular weight excluding hydrogens is 348 g/mol. The maximum atomic E-state index is 12.0. The Hall–Kier alpha value is -0.910. The summed E-state index contributed by atoms with van der Waals surface area (Å²) in [6.07, 6.45) is 12.9. The predicted octanol–water partition coefficient (Wildman–Crippen LogP) is 5.64. The first-order valence-electron chi connectivity index (χ1n) is 10.1. The lowest BCUT2D eigenvalue weighted by molar-refractivity contribution is 0.0989. The maximum Gasteiger partial charge on any atom is 0.297 e. The third-order valence-electron chi connectivity index (χ3n) is 4.42. The Balaban J connectivity index is 1.94. The second-order valence-corrected chi connectivity index (χ2v) is 8.50. The van der Waals surface area contributed by atoms with Crippen molar-refractivity contribution in [1.29, 1.82) is 0 Å². The number of benzene rings is 1. The minimum absolute atomic E-state index is 0.0635. The molecule has 0 atom stereocenters. The highest BCUT2D eigenvalue weighted by atomic mass is 32.2. The van der Waals surface area contributed by atoms with Gasteiger partial charge in [-0.15, -0.1) is 0 Å². The summed E-state index contributed by atoms with van der Waals surface area (Å²) < 4.78 is 34.4. The summed E-state index contributed by atoms with van der Waals surface area (Å²) in [6, 6.07) is 6.65. The van der Waals surface area contributed by atoms with E-state index >= 15 is 0 Å². The van der Waals surface area contributed by atoms with Crippen molar-refractivity contribution in [2.24, 2.45) is 0 Å². The number of aryl methyl sites for hydroxylation is 1. The molecule has 0 aliphatic rings. The first kappa shape index (κ1) is 23.1. The molecule has 0 aromatic heterocycles. The second kappa shape index (κ2) is 14.2. The molecule has 0 aliphatic carbocycles. The van der Waals surface area contributed by atoms with E-state index in [2.05, 4.69) is 6.92 Å². The van der Waals surface area contributed by atoms with Crippen LogP contribution >= 0.6 is 0 Å². The zero-order chi connectivity index (χ0) is 19.1. The molecule has 0 spiro atoms. The van der Waals surface area contributed by atoms with Gasteiger partial charge < -0.3 is 4.74 Å². The minimum Gasteiger partial charge on any atom is -0.379 e. The van der Waals surface area contributed by atoms with Crippen LogP contribution in [-0.4, -0.2) is 28.2 Å². The normalized spacial score (nSPS) is 11.8. The van der Waals surface area contributed by atoms with Crippen molar-refractivity contribution >= 4 is 10.1 Å². The van der Waals surface area contributed by atoms with Gasteiger partial charge in [-0.2, -0.15) is 8.42 Å². The molecule has 1 rings (SSSR count). The fourth-order valence-corrected chi connectivity index (χ4v) is 3.66. The summed E-state index contributed by atoms with van der Waals surface area (Å²) in [6.45, 7) is 5.21. The van der Waals surface area contributed by atoms with E-state index in [9.17, 15) is 8.42 Å². The first-order chi connectivity index (χ1) is 12.6. The Morgan fingerprint density at radius 3 is 1.85 bits per heavy atom. The van der Waals surface area contributed by atoms with Crippen LogP contribution in [0.1, 0.15) is 76.7 Å². The zero-order valence-corrected chi connectivity index (χ0v) is 17.4. The SMILES string of the molecule is CCCCCCCCCCCCOCCOS(=O)(=O)c1ccc(C)cc1. The fraction of sp³-hybridized carbons (Fsp3) is 0.714. The van der Waals surface area contributed by atoms with Crippen LogP contribution in [0.3, 0.4) is 0 Å². The van der Waals surface area contributed by atoms with E-state index in [0.29, 0.717) is 13.2 Å². The van der Waals surface area contributed by atoms with Gasteiger partial charge in [-0.3, -0.25) is 4.18 Å². The number of hydrogen-bond donors (Lipinski definition) is 0. The number of rotatable bonds is 16. The monoisotopic (exact) mass is 384 g/mol. The average Bonchev–Trinajstić information content (AvgIpc) is 2.62. The Labute approximate surface area is 160 Å². The van der Waals surface area contributed by atoms with Crippen LogP contribution in [0, 0.1) is 6.92 Å². The molecule has 0 N–H and O–H groups in total. The molecule has 150 valence electrons. The van der Waals surface area contributed by atoms with E-state index in [4.69, 9.17) is 8.92 Å². The van der Waals surface area contributed by atoms with Crippen LogP contribution in [-0.2, 0) is 19.0 Å². The highest BCUT2D eigenvalue weighted by Crippen LogP contribution is 2.13. The van der Waals surface area contributed by atoms with Crippen LogP contribution in [0.5, 0.6) is 0 Å². The van der Waals surface area contributed by atoms with Crippen molar-refractivity contribution in [2.75, 3.05) is 19.8 Å². The quantitative estimate of drug-likeness (QED) is 0.273.